The molecule has 0 atom stereocenters. The second kappa shape index (κ2) is 6.68. The largest absolute Gasteiger partial charge is 0.494 e. The lowest BCUT2D eigenvalue weighted by Crippen LogP contribution is -2.37. The summed E-state index contributed by atoms with van der Waals surface area (Å²) in [7, 11) is 2.77. The van der Waals surface area contributed by atoms with Crippen molar-refractivity contribution in [3.05, 3.63) is 66.8 Å². The zero-order chi connectivity index (χ0) is 21.9. The van der Waals surface area contributed by atoms with E-state index in [2.05, 4.69) is 4.98 Å². The van der Waals surface area contributed by atoms with Crippen LogP contribution in [0.2, 0.25) is 0 Å². The fraction of sp³-hybridized carbons (Fsp3) is 0.300. The molecule has 0 saturated carbocycles. The number of fused-ring (bicyclic) bond motifs is 3. The van der Waals surface area contributed by atoms with E-state index in [1.807, 2.05) is 13.8 Å². The van der Waals surface area contributed by atoms with E-state index in [0.717, 1.165) is 4.57 Å². The third-order valence-corrected chi connectivity index (χ3v) is 5.08. The van der Waals surface area contributed by atoms with Crippen LogP contribution in [-0.4, -0.2) is 28.2 Å². The van der Waals surface area contributed by atoms with E-state index in [0.29, 0.717) is 5.69 Å². The van der Waals surface area contributed by atoms with E-state index in [4.69, 9.17) is 0 Å². The molecule has 0 aliphatic rings. The van der Waals surface area contributed by atoms with E-state index in [1.165, 1.54) is 51.9 Å². The van der Waals surface area contributed by atoms with Crippen LogP contribution in [0, 0.1) is 11.7 Å². The standard InChI is InChI=1S/C20H20FN5O4/c1-10(2)9-13-16(27)25(12-7-5-11(21)6-8-12)19-22-15-14(26(19)17(13)28)18(29)24(4)20(30)23(15)3/h5-8,10,28H,9H2,1-4H3. The summed E-state index contributed by atoms with van der Waals surface area (Å²) in [5.41, 5.74) is -1.38. The van der Waals surface area contributed by atoms with Crippen LogP contribution in [0.3, 0.4) is 0 Å². The van der Waals surface area contributed by atoms with Gasteiger partial charge in [-0.3, -0.25) is 18.7 Å². The highest BCUT2D eigenvalue weighted by atomic mass is 19.1. The van der Waals surface area contributed by atoms with Crippen molar-refractivity contribution >= 4 is 16.9 Å². The number of nitrogens with zero attached hydrogens (tertiary/aromatic N) is 5. The van der Waals surface area contributed by atoms with Gasteiger partial charge in [0.25, 0.3) is 11.1 Å². The predicted octanol–water partition coefficient (Wildman–Crippen LogP) is 1.08. The highest BCUT2D eigenvalue weighted by Crippen LogP contribution is 2.24. The average Bonchev–Trinajstić information content (AvgIpc) is 3.10. The number of aryl methyl sites for hydroxylation is 1. The number of halogens is 1. The molecule has 10 heteroatoms. The van der Waals surface area contributed by atoms with E-state index in [9.17, 15) is 23.9 Å². The van der Waals surface area contributed by atoms with E-state index < -0.39 is 28.5 Å². The molecule has 30 heavy (non-hydrogen) atoms. The molecule has 0 radical (unpaired) electrons. The van der Waals surface area contributed by atoms with Gasteiger partial charge in [-0.1, -0.05) is 13.8 Å². The van der Waals surface area contributed by atoms with Gasteiger partial charge in [0.15, 0.2) is 11.2 Å². The molecule has 3 aromatic heterocycles. The van der Waals surface area contributed by atoms with Gasteiger partial charge >= 0.3 is 5.69 Å². The summed E-state index contributed by atoms with van der Waals surface area (Å²) in [5.74, 6) is -0.899. The quantitative estimate of drug-likeness (QED) is 0.541. The molecule has 0 unspecified atom stereocenters. The molecule has 0 fully saturated rings. The fourth-order valence-corrected chi connectivity index (χ4v) is 3.60. The van der Waals surface area contributed by atoms with Crippen LogP contribution in [0.1, 0.15) is 19.4 Å². The molecule has 156 valence electrons. The van der Waals surface area contributed by atoms with E-state index in [1.54, 1.807) is 0 Å². The minimum absolute atomic E-state index is 0.0235. The van der Waals surface area contributed by atoms with Gasteiger partial charge in [-0.25, -0.2) is 18.2 Å². The second-order valence-corrected chi connectivity index (χ2v) is 7.64. The molecule has 0 aliphatic carbocycles. The Hall–Kier alpha value is -3.69. The third-order valence-electron chi connectivity index (χ3n) is 5.08. The first-order chi connectivity index (χ1) is 14.1. The maximum atomic E-state index is 13.5. The van der Waals surface area contributed by atoms with Crippen LogP contribution in [0.4, 0.5) is 4.39 Å². The van der Waals surface area contributed by atoms with E-state index >= 15 is 0 Å². The van der Waals surface area contributed by atoms with Crippen molar-refractivity contribution in [1.82, 2.24) is 23.1 Å². The Kier molecular flexibility index (Phi) is 4.37. The van der Waals surface area contributed by atoms with Gasteiger partial charge in [-0.05, 0) is 36.6 Å². The summed E-state index contributed by atoms with van der Waals surface area (Å²) in [6, 6.07) is 5.21. The van der Waals surface area contributed by atoms with Gasteiger partial charge in [0.1, 0.15) is 5.82 Å². The van der Waals surface area contributed by atoms with Gasteiger partial charge < -0.3 is 5.11 Å². The Labute approximate surface area is 168 Å². The van der Waals surface area contributed by atoms with Crippen molar-refractivity contribution in [2.24, 2.45) is 20.0 Å². The summed E-state index contributed by atoms with van der Waals surface area (Å²) in [6.45, 7) is 3.78. The minimum atomic E-state index is -0.657. The molecule has 4 rings (SSSR count). The van der Waals surface area contributed by atoms with Crippen LogP contribution in [0.15, 0.2) is 38.6 Å². The Bertz CT molecular complexity index is 1490. The molecule has 4 aromatic rings. The van der Waals surface area contributed by atoms with Crippen molar-refractivity contribution in [3.63, 3.8) is 0 Å². The lowest BCUT2D eigenvalue weighted by Gasteiger charge is -2.14. The Morgan fingerprint density at radius 3 is 2.27 bits per heavy atom. The molecular formula is C20H20FN5O4. The van der Waals surface area contributed by atoms with E-state index in [-0.39, 0.29) is 34.8 Å². The summed E-state index contributed by atoms with van der Waals surface area (Å²) in [5, 5.41) is 11.0. The molecule has 0 bridgehead atoms. The van der Waals surface area contributed by atoms with Gasteiger partial charge in [-0.2, -0.15) is 4.98 Å². The maximum absolute atomic E-state index is 13.5. The molecule has 0 amide bonds. The molecule has 1 aromatic carbocycles. The molecule has 9 nitrogen and oxygen atoms in total. The summed E-state index contributed by atoms with van der Waals surface area (Å²) in [4.78, 5) is 42.9. The van der Waals surface area contributed by atoms with Crippen LogP contribution in [0.25, 0.3) is 22.6 Å². The molecule has 3 heterocycles. The van der Waals surface area contributed by atoms with Crippen molar-refractivity contribution < 1.29 is 9.50 Å². The number of rotatable bonds is 3. The number of imidazole rings is 1. The SMILES string of the molecule is CC(C)Cc1c(O)n2c3c(=O)n(C)c(=O)n(C)c3nc2n(-c2ccc(F)cc2)c1=O. The average molecular weight is 413 g/mol. The predicted molar refractivity (Wildman–Crippen MR) is 109 cm³/mol. The first-order valence-corrected chi connectivity index (χ1v) is 9.34. The first kappa shape index (κ1) is 19.6. The summed E-state index contributed by atoms with van der Waals surface area (Å²) >= 11 is 0. The van der Waals surface area contributed by atoms with Gasteiger partial charge in [0, 0.05) is 14.1 Å². The maximum Gasteiger partial charge on any atom is 0.332 e. The first-order valence-electron chi connectivity index (χ1n) is 9.34. The van der Waals surface area contributed by atoms with Gasteiger partial charge in [0.05, 0.1) is 11.3 Å². The molecule has 0 aliphatic heterocycles. The van der Waals surface area contributed by atoms with Crippen LogP contribution < -0.4 is 16.8 Å². The Morgan fingerprint density at radius 1 is 1.03 bits per heavy atom. The lowest BCUT2D eigenvalue weighted by atomic mass is 10.1. The van der Waals surface area contributed by atoms with Crippen LogP contribution in [0.5, 0.6) is 5.88 Å². The fourth-order valence-electron chi connectivity index (χ4n) is 3.60. The van der Waals surface area contributed by atoms with Crippen molar-refractivity contribution in [1.29, 1.82) is 0 Å². The molecule has 1 N–H and O–H groups in total. The number of aromatic hydroxyl groups is 1. The molecule has 0 saturated heterocycles. The number of benzene rings is 1. The third kappa shape index (κ3) is 2.67. The van der Waals surface area contributed by atoms with Crippen molar-refractivity contribution in [3.8, 4) is 11.6 Å². The topological polar surface area (TPSA) is 104 Å². The highest BCUT2D eigenvalue weighted by Gasteiger charge is 2.25. The van der Waals surface area contributed by atoms with Crippen molar-refractivity contribution in [2.45, 2.75) is 20.3 Å². The highest BCUT2D eigenvalue weighted by molar-refractivity contribution is 5.77. The monoisotopic (exact) mass is 413 g/mol. The number of aromatic nitrogens is 5. The van der Waals surface area contributed by atoms with Gasteiger partial charge in [0.2, 0.25) is 11.7 Å². The van der Waals surface area contributed by atoms with Crippen LogP contribution >= 0.6 is 0 Å². The van der Waals surface area contributed by atoms with Gasteiger partial charge in [-0.15, -0.1) is 0 Å². The second-order valence-electron chi connectivity index (χ2n) is 7.64. The van der Waals surface area contributed by atoms with Crippen molar-refractivity contribution in [2.75, 3.05) is 0 Å². The summed E-state index contributed by atoms with van der Waals surface area (Å²) < 4.78 is 17.9. The lowest BCUT2D eigenvalue weighted by molar-refractivity contribution is 0.430. The zero-order valence-electron chi connectivity index (χ0n) is 16.9. The Morgan fingerprint density at radius 2 is 1.67 bits per heavy atom. The summed E-state index contributed by atoms with van der Waals surface area (Å²) in [6.07, 6.45) is 0.244. The Balaban J connectivity index is 2.31. The number of hydrogen-bond acceptors (Lipinski definition) is 5. The van der Waals surface area contributed by atoms with Crippen LogP contribution in [-0.2, 0) is 20.5 Å². The zero-order valence-corrected chi connectivity index (χ0v) is 16.9. The smallest absolute Gasteiger partial charge is 0.332 e. The minimum Gasteiger partial charge on any atom is -0.494 e. The number of hydrogen-bond donors (Lipinski definition) is 1. The molecule has 0 spiro atoms. The normalized spacial score (nSPS) is 11.8. The molecular weight excluding hydrogens is 393 g/mol.